The molecule has 0 spiro atoms. The smallest absolute Gasteiger partial charge is 0.326 e. The molecule has 1 aromatic carbocycles. The van der Waals surface area contributed by atoms with E-state index < -0.39 is 0 Å². The van der Waals surface area contributed by atoms with E-state index in [1.807, 2.05) is 6.07 Å². The van der Waals surface area contributed by atoms with Gasteiger partial charge in [0.25, 0.3) is 0 Å². The van der Waals surface area contributed by atoms with Gasteiger partial charge < -0.3 is 9.47 Å². The minimum absolute atomic E-state index is 0.250. The van der Waals surface area contributed by atoms with E-state index in [9.17, 15) is 4.79 Å². The molecule has 1 N–H and O–H groups in total. The monoisotopic (exact) mass is 289 g/mol. The van der Waals surface area contributed by atoms with Crippen LogP contribution in [0, 0.1) is 0 Å². The fraction of sp³-hybridized carbons (Fsp3) is 0.588. The minimum atomic E-state index is -0.376. The number of esters is 1. The van der Waals surface area contributed by atoms with E-state index in [4.69, 9.17) is 9.47 Å². The van der Waals surface area contributed by atoms with Gasteiger partial charge in [0.1, 0.15) is 18.4 Å². The summed E-state index contributed by atoms with van der Waals surface area (Å²) in [6.07, 6.45) is 7.10. The molecule has 4 heteroatoms. The van der Waals surface area contributed by atoms with E-state index in [0.717, 1.165) is 25.0 Å². The van der Waals surface area contributed by atoms with Gasteiger partial charge in [-0.25, -0.2) is 0 Å². The third kappa shape index (κ3) is 3.76. The van der Waals surface area contributed by atoms with Crippen LogP contribution in [0.25, 0.3) is 0 Å². The zero-order valence-electron chi connectivity index (χ0n) is 12.6. The maximum absolute atomic E-state index is 11.8. The molecule has 114 valence electrons. The van der Waals surface area contributed by atoms with E-state index >= 15 is 0 Å². The Labute approximate surface area is 125 Å². The molecule has 1 unspecified atom stereocenters. The number of fused-ring (bicyclic) bond motifs is 1. The first-order valence-electron chi connectivity index (χ1n) is 7.85. The SMILES string of the molecule is COC(=O)C(COc1ccc2c(c1)CCCC2)NC1CC1. The molecule has 4 nitrogen and oxygen atoms in total. The number of hydrogen-bond acceptors (Lipinski definition) is 4. The molecular formula is C17H23NO3. The van der Waals surface area contributed by atoms with Gasteiger partial charge in [0, 0.05) is 6.04 Å². The standard InChI is InChI=1S/C17H23NO3/c1-20-17(19)16(18-14-7-8-14)11-21-15-9-6-12-4-2-3-5-13(12)10-15/h6,9-10,14,16,18H,2-5,7-8,11H2,1H3. The van der Waals surface area contributed by atoms with E-state index in [0.29, 0.717) is 12.6 Å². The van der Waals surface area contributed by atoms with E-state index in [1.54, 1.807) is 0 Å². The number of benzene rings is 1. The highest BCUT2D eigenvalue weighted by atomic mass is 16.5. The molecule has 1 atom stereocenters. The minimum Gasteiger partial charge on any atom is -0.491 e. The molecule has 3 rings (SSSR count). The lowest BCUT2D eigenvalue weighted by Crippen LogP contribution is -2.43. The number of carbonyl (C=O) groups is 1. The molecule has 0 bridgehead atoms. The lowest BCUT2D eigenvalue weighted by atomic mass is 9.92. The molecule has 0 radical (unpaired) electrons. The molecular weight excluding hydrogens is 266 g/mol. The van der Waals surface area contributed by atoms with Crippen LogP contribution in [0.3, 0.4) is 0 Å². The van der Waals surface area contributed by atoms with Crippen molar-refractivity contribution in [3.63, 3.8) is 0 Å². The molecule has 1 saturated carbocycles. The van der Waals surface area contributed by atoms with Crippen molar-refractivity contribution in [2.45, 2.75) is 50.6 Å². The lowest BCUT2D eigenvalue weighted by Gasteiger charge is -2.19. The van der Waals surface area contributed by atoms with Crippen molar-refractivity contribution in [1.82, 2.24) is 5.32 Å². The number of rotatable bonds is 6. The highest BCUT2D eigenvalue weighted by Gasteiger charge is 2.29. The molecule has 0 aliphatic heterocycles. The first-order valence-corrected chi connectivity index (χ1v) is 7.85. The van der Waals surface area contributed by atoms with Crippen LogP contribution in [-0.4, -0.2) is 31.8 Å². The predicted molar refractivity (Wildman–Crippen MR) is 80.5 cm³/mol. The fourth-order valence-corrected chi connectivity index (χ4v) is 2.84. The van der Waals surface area contributed by atoms with Gasteiger partial charge in [0.15, 0.2) is 0 Å². The average Bonchev–Trinajstić information content (AvgIpc) is 3.34. The van der Waals surface area contributed by atoms with Gasteiger partial charge in [-0.2, -0.15) is 0 Å². The molecule has 0 heterocycles. The zero-order chi connectivity index (χ0) is 14.7. The summed E-state index contributed by atoms with van der Waals surface area (Å²) in [5.74, 6) is 0.599. The Morgan fingerprint density at radius 3 is 2.76 bits per heavy atom. The Morgan fingerprint density at radius 2 is 2.05 bits per heavy atom. The molecule has 1 aromatic rings. The average molecular weight is 289 g/mol. The van der Waals surface area contributed by atoms with Gasteiger partial charge in [0.2, 0.25) is 0 Å². The summed E-state index contributed by atoms with van der Waals surface area (Å²) < 4.78 is 10.7. The Hall–Kier alpha value is -1.55. The summed E-state index contributed by atoms with van der Waals surface area (Å²) in [6, 6.07) is 6.36. The second-order valence-corrected chi connectivity index (χ2v) is 5.97. The Kier molecular flexibility index (Phi) is 4.44. The topological polar surface area (TPSA) is 47.6 Å². The van der Waals surface area contributed by atoms with E-state index in [-0.39, 0.29) is 12.0 Å². The summed E-state index contributed by atoms with van der Waals surface area (Å²) in [6.45, 7) is 0.321. The molecule has 1 fully saturated rings. The number of aryl methyl sites for hydroxylation is 2. The maximum atomic E-state index is 11.8. The van der Waals surface area contributed by atoms with Crippen LogP contribution >= 0.6 is 0 Å². The molecule has 2 aliphatic carbocycles. The first kappa shape index (κ1) is 14.4. The summed E-state index contributed by atoms with van der Waals surface area (Å²) in [4.78, 5) is 11.8. The van der Waals surface area contributed by atoms with Crippen molar-refractivity contribution in [2.75, 3.05) is 13.7 Å². The van der Waals surface area contributed by atoms with Crippen LogP contribution in [-0.2, 0) is 22.4 Å². The molecule has 21 heavy (non-hydrogen) atoms. The van der Waals surface area contributed by atoms with Crippen molar-refractivity contribution >= 4 is 5.97 Å². The van der Waals surface area contributed by atoms with Gasteiger partial charge in [0.05, 0.1) is 7.11 Å². The van der Waals surface area contributed by atoms with Crippen LogP contribution in [0.1, 0.15) is 36.8 Å². The number of carbonyl (C=O) groups excluding carboxylic acids is 1. The highest BCUT2D eigenvalue weighted by Crippen LogP contribution is 2.25. The van der Waals surface area contributed by atoms with E-state index in [1.165, 1.54) is 37.5 Å². The summed E-state index contributed by atoms with van der Waals surface area (Å²) in [7, 11) is 1.42. The molecule has 0 aromatic heterocycles. The zero-order valence-corrected chi connectivity index (χ0v) is 12.6. The Morgan fingerprint density at radius 1 is 1.29 bits per heavy atom. The van der Waals surface area contributed by atoms with Gasteiger partial charge in [-0.05, 0) is 61.8 Å². The van der Waals surface area contributed by atoms with Crippen LogP contribution in [0.2, 0.25) is 0 Å². The van der Waals surface area contributed by atoms with Crippen molar-refractivity contribution in [1.29, 1.82) is 0 Å². The summed E-state index contributed by atoms with van der Waals surface area (Å²) in [5, 5.41) is 3.27. The summed E-state index contributed by atoms with van der Waals surface area (Å²) >= 11 is 0. The van der Waals surface area contributed by atoms with Crippen molar-refractivity contribution < 1.29 is 14.3 Å². The second kappa shape index (κ2) is 6.48. The maximum Gasteiger partial charge on any atom is 0.326 e. The normalized spacial score (nSPS) is 18.7. The van der Waals surface area contributed by atoms with Crippen molar-refractivity contribution in [2.24, 2.45) is 0 Å². The number of nitrogens with one attached hydrogen (secondary N) is 1. The van der Waals surface area contributed by atoms with Gasteiger partial charge in [-0.1, -0.05) is 6.07 Å². The first-order chi connectivity index (χ1) is 10.3. The van der Waals surface area contributed by atoms with Crippen LogP contribution in [0.15, 0.2) is 18.2 Å². The van der Waals surface area contributed by atoms with Crippen molar-refractivity contribution in [3.05, 3.63) is 29.3 Å². The Bertz CT molecular complexity index is 511. The predicted octanol–water partition coefficient (Wildman–Crippen LogP) is 2.24. The van der Waals surface area contributed by atoms with Crippen LogP contribution in [0.4, 0.5) is 0 Å². The second-order valence-electron chi connectivity index (χ2n) is 5.97. The largest absolute Gasteiger partial charge is 0.491 e. The quantitative estimate of drug-likeness (QED) is 0.816. The third-order valence-corrected chi connectivity index (χ3v) is 4.24. The number of methoxy groups -OCH3 is 1. The van der Waals surface area contributed by atoms with Crippen LogP contribution in [0.5, 0.6) is 5.75 Å². The third-order valence-electron chi connectivity index (χ3n) is 4.24. The molecule has 2 aliphatic rings. The van der Waals surface area contributed by atoms with Gasteiger partial charge in [-0.3, -0.25) is 10.1 Å². The molecule has 0 amide bonds. The van der Waals surface area contributed by atoms with Gasteiger partial charge >= 0.3 is 5.97 Å². The van der Waals surface area contributed by atoms with Crippen molar-refractivity contribution in [3.8, 4) is 5.75 Å². The summed E-state index contributed by atoms with van der Waals surface area (Å²) in [5.41, 5.74) is 2.83. The number of ether oxygens (including phenoxy) is 2. The highest BCUT2D eigenvalue weighted by molar-refractivity contribution is 5.76. The fourth-order valence-electron chi connectivity index (χ4n) is 2.84. The number of hydrogen-bond donors (Lipinski definition) is 1. The van der Waals surface area contributed by atoms with Crippen LogP contribution < -0.4 is 10.1 Å². The van der Waals surface area contributed by atoms with Gasteiger partial charge in [-0.15, -0.1) is 0 Å². The lowest BCUT2D eigenvalue weighted by molar-refractivity contribution is -0.144. The van der Waals surface area contributed by atoms with E-state index in [2.05, 4.69) is 17.4 Å². The molecule has 0 saturated heterocycles. The Balaban J connectivity index is 1.60.